The molecule has 0 bridgehead atoms. The molecule has 0 spiro atoms. The number of methoxy groups -OCH3 is 1. The maximum absolute atomic E-state index is 13.0. The molecule has 0 fully saturated rings. The van der Waals surface area contributed by atoms with Gasteiger partial charge in [-0.25, -0.2) is 4.79 Å². The lowest BCUT2D eigenvalue weighted by Gasteiger charge is -2.14. The Labute approximate surface area is 196 Å². The number of amides is 1. The van der Waals surface area contributed by atoms with Gasteiger partial charge in [-0.15, -0.1) is 0 Å². The molecule has 34 heavy (non-hydrogen) atoms. The van der Waals surface area contributed by atoms with Gasteiger partial charge in [-0.1, -0.05) is 48.5 Å². The molecule has 8 heteroatoms. The van der Waals surface area contributed by atoms with E-state index in [1.165, 1.54) is 7.11 Å². The molecule has 1 amide bonds. The fraction of sp³-hybridized carbons (Fsp3) is 0.154. The number of carbonyl (C=O) groups is 3. The number of hydrogen-bond donors (Lipinski definition) is 3. The second-order valence-electron chi connectivity index (χ2n) is 7.74. The number of nitrogens with one attached hydrogen (secondary N) is 2. The van der Waals surface area contributed by atoms with Gasteiger partial charge in [0.05, 0.1) is 30.6 Å². The van der Waals surface area contributed by atoms with E-state index in [1.54, 1.807) is 18.2 Å². The molecule has 0 saturated carbocycles. The van der Waals surface area contributed by atoms with Gasteiger partial charge in [0.15, 0.2) is 0 Å². The lowest BCUT2D eigenvalue weighted by Crippen LogP contribution is -2.22. The zero-order valence-corrected chi connectivity index (χ0v) is 18.4. The maximum Gasteiger partial charge on any atom is 0.337 e. The smallest absolute Gasteiger partial charge is 0.337 e. The molecule has 0 radical (unpaired) electrons. The summed E-state index contributed by atoms with van der Waals surface area (Å²) in [6.07, 6.45) is 0. The van der Waals surface area contributed by atoms with Crippen LogP contribution in [0.25, 0.3) is 0 Å². The van der Waals surface area contributed by atoms with Gasteiger partial charge in [-0.05, 0) is 41.0 Å². The highest BCUT2D eigenvalue weighted by Crippen LogP contribution is 2.37. The number of anilines is 1. The van der Waals surface area contributed by atoms with Gasteiger partial charge in [0.1, 0.15) is 5.92 Å². The van der Waals surface area contributed by atoms with E-state index >= 15 is 0 Å². The van der Waals surface area contributed by atoms with Crippen molar-refractivity contribution < 1.29 is 24.2 Å². The first-order valence-electron chi connectivity index (χ1n) is 10.6. The van der Waals surface area contributed by atoms with Crippen LogP contribution in [0.3, 0.4) is 0 Å². The minimum Gasteiger partial charge on any atom is -0.480 e. The van der Waals surface area contributed by atoms with Crippen LogP contribution in [0.5, 0.6) is 0 Å². The maximum atomic E-state index is 13.0. The predicted molar refractivity (Wildman–Crippen MR) is 128 cm³/mol. The number of nitrogens with zero attached hydrogens (tertiary/aromatic N) is 1. The lowest BCUT2D eigenvalue weighted by molar-refractivity contribution is -0.136. The summed E-state index contributed by atoms with van der Waals surface area (Å²) in [7, 11) is 1.31. The molecule has 1 heterocycles. The summed E-state index contributed by atoms with van der Waals surface area (Å²) in [5, 5.41) is 14.5. The molecule has 3 aromatic rings. The van der Waals surface area contributed by atoms with Gasteiger partial charge in [0.2, 0.25) is 5.91 Å². The molecule has 8 nitrogen and oxygen atoms in total. The van der Waals surface area contributed by atoms with Crippen molar-refractivity contribution in [3.05, 3.63) is 95.1 Å². The van der Waals surface area contributed by atoms with E-state index in [-0.39, 0.29) is 12.5 Å². The summed E-state index contributed by atoms with van der Waals surface area (Å²) >= 11 is 0. The van der Waals surface area contributed by atoms with Crippen molar-refractivity contribution in [3.63, 3.8) is 0 Å². The largest absolute Gasteiger partial charge is 0.480 e. The van der Waals surface area contributed by atoms with E-state index in [9.17, 15) is 14.4 Å². The average molecular weight is 457 g/mol. The summed E-state index contributed by atoms with van der Waals surface area (Å²) in [5.41, 5.74) is 4.61. The Bertz CT molecular complexity index is 1250. The quantitative estimate of drug-likeness (QED) is 0.352. The van der Waals surface area contributed by atoms with E-state index in [2.05, 4.69) is 10.6 Å². The van der Waals surface area contributed by atoms with Gasteiger partial charge in [-0.2, -0.15) is 0 Å². The fourth-order valence-corrected chi connectivity index (χ4v) is 3.82. The number of aliphatic carboxylic acids is 1. The lowest BCUT2D eigenvalue weighted by atomic mass is 9.90. The number of carboxylic acid groups (broad SMARTS) is 1. The van der Waals surface area contributed by atoms with Crippen molar-refractivity contribution in [1.29, 1.82) is 0 Å². The molecule has 1 atom stereocenters. The third kappa shape index (κ3) is 5.02. The Balaban J connectivity index is 1.69. The number of rotatable bonds is 8. The van der Waals surface area contributed by atoms with Crippen LogP contribution in [0.1, 0.15) is 33.0 Å². The van der Waals surface area contributed by atoms with E-state index < -0.39 is 17.9 Å². The number of fused-ring (bicyclic) bond motifs is 1. The Morgan fingerprint density at radius 1 is 1.03 bits per heavy atom. The molecule has 1 aliphatic heterocycles. The zero-order chi connectivity index (χ0) is 24.1. The predicted octanol–water partition coefficient (Wildman–Crippen LogP) is 3.50. The minimum atomic E-state index is -0.914. The molecule has 3 aromatic carbocycles. The van der Waals surface area contributed by atoms with Crippen molar-refractivity contribution in [2.45, 2.75) is 12.5 Å². The Morgan fingerprint density at radius 3 is 2.44 bits per heavy atom. The first kappa shape index (κ1) is 22.9. The number of aliphatic imine (C=N–C) groups is 1. The van der Waals surface area contributed by atoms with Crippen molar-refractivity contribution in [2.75, 3.05) is 19.0 Å². The number of esters is 1. The molecule has 0 saturated heterocycles. The normalized spacial score (nSPS) is 14.9. The Hall–Kier alpha value is -4.30. The second kappa shape index (κ2) is 10.1. The van der Waals surface area contributed by atoms with Crippen LogP contribution in [0, 0.1) is 0 Å². The van der Waals surface area contributed by atoms with Crippen molar-refractivity contribution in [1.82, 2.24) is 5.32 Å². The first-order chi connectivity index (χ1) is 16.5. The Kier molecular flexibility index (Phi) is 6.79. The molecule has 0 aromatic heterocycles. The molecule has 1 aliphatic rings. The van der Waals surface area contributed by atoms with Gasteiger partial charge in [-0.3, -0.25) is 14.6 Å². The second-order valence-corrected chi connectivity index (χ2v) is 7.74. The van der Waals surface area contributed by atoms with Gasteiger partial charge in [0.25, 0.3) is 0 Å². The number of hydrogen-bond acceptors (Lipinski definition) is 6. The number of ether oxygens (including phenoxy) is 1. The summed E-state index contributed by atoms with van der Waals surface area (Å²) in [6, 6.07) is 21.8. The van der Waals surface area contributed by atoms with Crippen molar-refractivity contribution in [3.8, 4) is 0 Å². The number of carbonyl (C=O) groups excluding carboxylic acids is 2. The standard InChI is InChI=1S/C26H23N3O5/c1-34-26(33)18-9-12-20-21(13-18)29-25(32)23(20)24(17-5-3-2-4-6-17)28-19-10-7-16(8-11-19)14-27-15-22(30)31/h2-13,23,27H,14-15H2,1H3,(H,29,32)(H,30,31). The molecule has 0 aliphatic carbocycles. The molecule has 4 rings (SSSR count). The topological polar surface area (TPSA) is 117 Å². The highest BCUT2D eigenvalue weighted by Gasteiger charge is 2.35. The highest BCUT2D eigenvalue weighted by atomic mass is 16.5. The van der Waals surface area contributed by atoms with E-state index in [1.807, 2.05) is 54.6 Å². The summed E-state index contributed by atoms with van der Waals surface area (Å²) in [4.78, 5) is 40.5. The van der Waals surface area contributed by atoms with Crippen LogP contribution in [-0.2, 0) is 20.9 Å². The van der Waals surface area contributed by atoms with Crippen LogP contribution in [0.15, 0.2) is 77.8 Å². The summed E-state index contributed by atoms with van der Waals surface area (Å²) in [5.74, 6) is -2.27. The Morgan fingerprint density at radius 2 is 1.76 bits per heavy atom. The van der Waals surface area contributed by atoms with Gasteiger partial charge in [0, 0.05) is 12.2 Å². The van der Waals surface area contributed by atoms with E-state index in [0.717, 1.165) is 16.7 Å². The van der Waals surface area contributed by atoms with Crippen LogP contribution >= 0.6 is 0 Å². The molecule has 1 unspecified atom stereocenters. The molecular formula is C26H23N3O5. The zero-order valence-electron chi connectivity index (χ0n) is 18.4. The van der Waals surface area contributed by atoms with E-state index in [4.69, 9.17) is 14.8 Å². The van der Waals surface area contributed by atoms with Crippen LogP contribution < -0.4 is 10.6 Å². The van der Waals surface area contributed by atoms with Crippen LogP contribution in [0.2, 0.25) is 0 Å². The van der Waals surface area contributed by atoms with Crippen molar-refractivity contribution in [2.24, 2.45) is 4.99 Å². The molecule has 3 N–H and O–H groups in total. The molecular weight excluding hydrogens is 434 g/mol. The minimum absolute atomic E-state index is 0.119. The SMILES string of the molecule is COC(=O)c1ccc2c(c1)NC(=O)C2C(=Nc1ccc(CNCC(=O)O)cc1)c1ccccc1. The number of carboxylic acids is 1. The molecule has 172 valence electrons. The van der Waals surface area contributed by atoms with Crippen LogP contribution in [0.4, 0.5) is 11.4 Å². The third-order valence-electron chi connectivity index (χ3n) is 5.44. The monoisotopic (exact) mass is 457 g/mol. The van der Waals surface area contributed by atoms with Crippen molar-refractivity contribution >= 4 is 34.9 Å². The number of benzene rings is 3. The average Bonchev–Trinajstić information content (AvgIpc) is 3.18. The fourth-order valence-electron chi connectivity index (χ4n) is 3.82. The highest BCUT2D eigenvalue weighted by molar-refractivity contribution is 6.24. The van der Waals surface area contributed by atoms with Crippen LogP contribution in [-0.4, -0.2) is 42.3 Å². The van der Waals surface area contributed by atoms with E-state index in [0.29, 0.717) is 29.2 Å². The third-order valence-corrected chi connectivity index (χ3v) is 5.44. The van der Waals surface area contributed by atoms with Gasteiger partial charge >= 0.3 is 11.9 Å². The summed E-state index contributed by atoms with van der Waals surface area (Å²) in [6.45, 7) is 0.300. The first-order valence-corrected chi connectivity index (χ1v) is 10.6. The van der Waals surface area contributed by atoms with Gasteiger partial charge < -0.3 is 20.5 Å². The summed E-state index contributed by atoms with van der Waals surface area (Å²) < 4.78 is 4.78.